The van der Waals surface area contributed by atoms with E-state index in [4.69, 9.17) is 9.47 Å². The molecule has 2 heterocycles. The minimum Gasteiger partial charge on any atom is -0.497 e. The van der Waals surface area contributed by atoms with Crippen LogP contribution in [0, 0.1) is 0 Å². The molecule has 2 aromatic heterocycles. The number of benzene rings is 2. The predicted octanol–water partition coefficient (Wildman–Crippen LogP) is 5.45. The Labute approximate surface area is 182 Å². The molecule has 0 saturated carbocycles. The molecule has 6 nitrogen and oxygen atoms in total. The summed E-state index contributed by atoms with van der Waals surface area (Å²) in [5.41, 5.74) is 1.64. The Morgan fingerprint density at radius 3 is 2.67 bits per heavy atom. The number of rotatable bonds is 7. The first-order valence-electron chi connectivity index (χ1n) is 9.27. The van der Waals surface area contributed by atoms with Crippen LogP contribution in [-0.2, 0) is 0 Å². The second kappa shape index (κ2) is 9.06. The molecular formula is C22H19N3O3S2. The summed E-state index contributed by atoms with van der Waals surface area (Å²) in [6.07, 6.45) is 1.65. The van der Waals surface area contributed by atoms with Crippen molar-refractivity contribution < 1.29 is 14.3 Å². The van der Waals surface area contributed by atoms with Crippen LogP contribution in [0.15, 0.2) is 65.1 Å². The van der Waals surface area contributed by atoms with Crippen LogP contribution >= 0.6 is 22.7 Å². The van der Waals surface area contributed by atoms with Crippen LogP contribution in [0.2, 0.25) is 0 Å². The molecule has 0 spiro atoms. The Hall–Kier alpha value is -3.23. The monoisotopic (exact) mass is 437 g/mol. The number of carbonyl (C=O) groups excluding carboxylic acids is 1. The number of ether oxygens (including phenoxy) is 2. The summed E-state index contributed by atoms with van der Waals surface area (Å²) in [6.45, 7) is 2.55. The molecule has 8 heteroatoms. The SMILES string of the molecule is CCOc1ccc(/C=N/N(C(=O)c2cccs2)c2nc3ccc(OC)cc3s2)cc1. The average molecular weight is 438 g/mol. The van der Waals surface area contributed by atoms with Crippen molar-refractivity contribution in [3.8, 4) is 11.5 Å². The molecule has 0 saturated heterocycles. The van der Waals surface area contributed by atoms with E-state index in [2.05, 4.69) is 10.1 Å². The zero-order chi connectivity index (χ0) is 20.9. The Balaban J connectivity index is 1.68. The average Bonchev–Trinajstić information content (AvgIpc) is 3.44. The number of anilines is 1. The highest BCUT2D eigenvalue weighted by Gasteiger charge is 2.22. The summed E-state index contributed by atoms with van der Waals surface area (Å²) in [5, 5.41) is 8.19. The first kappa shape index (κ1) is 20.1. The van der Waals surface area contributed by atoms with Crippen LogP contribution in [0.25, 0.3) is 10.2 Å². The first-order chi connectivity index (χ1) is 14.7. The van der Waals surface area contributed by atoms with Gasteiger partial charge in [0.25, 0.3) is 5.91 Å². The zero-order valence-corrected chi connectivity index (χ0v) is 18.1. The van der Waals surface area contributed by atoms with Crippen LogP contribution in [0.1, 0.15) is 22.2 Å². The molecule has 1 amide bonds. The minimum atomic E-state index is -0.224. The van der Waals surface area contributed by atoms with Crippen molar-refractivity contribution in [1.29, 1.82) is 0 Å². The highest BCUT2D eigenvalue weighted by atomic mass is 32.1. The molecule has 0 aliphatic carbocycles. The molecule has 0 fully saturated rings. The third-order valence-corrected chi connectivity index (χ3v) is 6.05. The Bertz CT molecular complexity index is 1170. The number of methoxy groups -OCH3 is 1. The topological polar surface area (TPSA) is 64.0 Å². The number of nitrogens with zero attached hydrogens (tertiary/aromatic N) is 3. The van der Waals surface area contributed by atoms with E-state index in [0.717, 1.165) is 27.3 Å². The van der Waals surface area contributed by atoms with E-state index < -0.39 is 0 Å². The van der Waals surface area contributed by atoms with E-state index in [1.807, 2.05) is 60.8 Å². The van der Waals surface area contributed by atoms with E-state index in [1.165, 1.54) is 27.7 Å². The van der Waals surface area contributed by atoms with Gasteiger partial charge < -0.3 is 9.47 Å². The van der Waals surface area contributed by atoms with Crippen molar-refractivity contribution in [3.63, 3.8) is 0 Å². The molecule has 4 rings (SSSR count). The Kier molecular flexibility index (Phi) is 6.06. The van der Waals surface area contributed by atoms with Crippen LogP contribution in [0.5, 0.6) is 11.5 Å². The molecule has 30 heavy (non-hydrogen) atoms. The lowest BCUT2D eigenvalue weighted by Gasteiger charge is -2.12. The first-order valence-corrected chi connectivity index (χ1v) is 11.0. The minimum absolute atomic E-state index is 0.224. The molecule has 0 N–H and O–H groups in total. The number of hydrogen-bond donors (Lipinski definition) is 0. The molecular weight excluding hydrogens is 418 g/mol. The zero-order valence-electron chi connectivity index (χ0n) is 16.4. The third kappa shape index (κ3) is 4.34. The lowest BCUT2D eigenvalue weighted by molar-refractivity contribution is 0.0991. The van der Waals surface area contributed by atoms with Crippen LogP contribution in [0.3, 0.4) is 0 Å². The summed E-state index contributed by atoms with van der Waals surface area (Å²) in [6, 6.07) is 16.8. The highest BCUT2D eigenvalue weighted by molar-refractivity contribution is 7.22. The lowest BCUT2D eigenvalue weighted by Crippen LogP contribution is -2.24. The molecule has 0 atom stereocenters. The fourth-order valence-corrected chi connectivity index (χ4v) is 4.34. The number of thiophene rings is 1. The second-order valence-corrected chi connectivity index (χ2v) is 8.13. The lowest BCUT2D eigenvalue weighted by atomic mass is 10.2. The van der Waals surface area contributed by atoms with Gasteiger partial charge in [-0.1, -0.05) is 17.4 Å². The van der Waals surface area contributed by atoms with Gasteiger partial charge in [-0.05, 0) is 66.4 Å². The highest BCUT2D eigenvalue weighted by Crippen LogP contribution is 2.32. The fraction of sp³-hybridized carbons (Fsp3) is 0.136. The van der Waals surface area contributed by atoms with Crippen LogP contribution < -0.4 is 14.5 Å². The maximum absolute atomic E-state index is 13.1. The molecule has 0 bridgehead atoms. The Morgan fingerprint density at radius 1 is 1.17 bits per heavy atom. The van der Waals surface area contributed by atoms with E-state index in [9.17, 15) is 4.79 Å². The number of hydrazone groups is 1. The summed E-state index contributed by atoms with van der Waals surface area (Å²) >= 11 is 2.76. The van der Waals surface area contributed by atoms with E-state index in [-0.39, 0.29) is 5.91 Å². The fourth-order valence-electron chi connectivity index (χ4n) is 2.74. The second-order valence-electron chi connectivity index (χ2n) is 6.17. The van der Waals surface area contributed by atoms with Gasteiger partial charge >= 0.3 is 0 Å². The smallest absolute Gasteiger partial charge is 0.290 e. The quantitative estimate of drug-likeness (QED) is 0.285. The molecule has 0 unspecified atom stereocenters. The summed E-state index contributed by atoms with van der Waals surface area (Å²) < 4.78 is 11.7. The van der Waals surface area contributed by atoms with Crippen molar-refractivity contribution in [2.45, 2.75) is 6.92 Å². The normalized spacial score (nSPS) is 11.1. The predicted molar refractivity (Wildman–Crippen MR) is 123 cm³/mol. The van der Waals surface area contributed by atoms with Gasteiger partial charge in [-0.25, -0.2) is 4.98 Å². The molecule has 0 radical (unpaired) electrons. The number of fused-ring (bicyclic) bond motifs is 1. The molecule has 0 aliphatic heterocycles. The number of carbonyl (C=O) groups is 1. The molecule has 2 aromatic carbocycles. The molecule has 4 aromatic rings. The maximum Gasteiger partial charge on any atom is 0.290 e. The maximum atomic E-state index is 13.1. The van der Waals surface area contributed by atoms with Crippen molar-refractivity contribution in [2.75, 3.05) is 18.7 Å². The van der Waals surface area contributed by atoms with Crippen molar-refractivity contribution in [2.24, 2.45) is 5.10 Å². The van der Waals surface area contributed by atoms with Gasteiger partial charge in [-0.2, -0.15) is 10.1 Å². The van der Waals surface area contributed by atoms with Crippen molar-refractivity contribution in [3.05, 3.63) is 70.4 Å². The van der Waals surface area contributed by atoms with Gasteiger partial charge in [-0.15, -0.1) is 11.3 Å². The van der Waals surface area contributed by atoms with Gasteiger partial charge in [0, 0.05) is 0 Å². The molecule has 0 aliphatic rings. The number of hydrogen-bond acceptors (Lipinski definition) is 7. The van der Waals surface area contributed by atoms with E-state index >= 15 is 0 Å². The van der Waals surface area contributed by atoms with Gasteiger partial charge in [0.1, 0.15) is 11.5 Å². The third-order valence-electron chi connectivity index (χ3n) is 4.20. The van der Waals surface area contributed by atoms with E-state index in [1.54, 1.807) is 19.4 Å². The summed E-state index contributed by atoms with van der Waals surface area (Å²) in [5.74, 6) is 1.31. The van der Waals surface area contributed by atoms with Gasteiger partial charge in [0.05, 0.1) is 35.0 Å². The molecule has 152 valence electrons. The van der Waals surface area contributed by atoms with Crippen molar-refractivity contribution >= 4 is 50.1 Å². The number of thiazole rings is 1. The van der Waals surface area contributed by atoms with Gasteiger partial charge in [0.2, 0.25) is 5.13 Å². The van der Waals surface area contributed by atoms with E-state index in [0.29, 0.717) is 16.6 Å². The largest absolute Gasteiger partial charge is 0.497 e. The van der Waals surface area contributed by atoms with Crippen LogP contribution in [0.4, 0.5) is 5.13 Å². The van der Waals surface area contributed by atoms with Gasteiger partial charge in [-0.3, -0.25) is 4.79 Å². The number of amides is 1. The number of aromatic nitrogens is 1. The van der Waals surface area contributed by atoms with Crippen LogP contribution in [-0.4, -0.2) is 30.8 Å². The summed E-state index contributed by atoms with van der Waals surface area (Å²) in [7, 11) is 1.62. The summed E-state index contributed by atoms with van der Waals surface area (Å²) in [4.78, 5) is 18.3. The van der Waals surface area contributed by atoms with Gasteiger partial charge in [0.15, 0.2) is 0 Å². The Morgan fingerprint density at radius 2 is 1.97 bits per heavy atom. The van der Waals surface area contributed by atoms with Crippen molar-refractivity contribution in [1.82, 2.24) is 4.98 Å². The standard InChI is InChI=1S/C22H19N3O3S2/c1-3-28-16-8-6-15(7-9-16)14-23-25(21(26)19-5-4-12-29-19)22-24-18-11-10-17(27-2)13-20(18)30-22/h4-14H,3H2,1-2H3/b23-14+.